The van der Waals surface area contributed by atoms with Gasteiger partial charge in [-0.3, -0.25) is 0 Å². The van der Waals surface area contributed by atoms with Crippen molar-refractivity contribution in [2.24, 2.45) is 0 Å². The van der Waals surface area contributed by atoms with Gasteiger partial charge in [-0.25, -0.2) is 4.98 Å². The van der Waals surface area contributed by atoms with E-state index in [0.717, 1.165) is 0 Å². The minimum atomic E-state index is -4.28. The van der Waals surface area contributed by atoms with Gasteiger partial charge in [0.2, 0.25) is 0 Å². The Kier molecular flexibility index (Phi) is 3.03. The molecule has 0 aliphatic carbocycles. The topological polar surface area (TPSA) is 12.9 Å². The third-order valence-corrected chi connectivity index (χ3v) is 1.82. The smallest absolute Gasteiger partial charge is 0.224 e. The molecule has 1 heterocycles. The summed E-state index contributed by atoms with van der Waals surface area (Å²) < 4.78 is 35.7. The number of hydrogen-bond donors (Lipinski definition) is 0. The summed E-state index contributed by atoms with van der Waals surface area (Å²) in [5, 5.41) is -0.124. The van der Waals surface area contributed by atoms with Crippen LogP contribution in [0.4, 0.5) is 13.2 Å². The molecule has 1 rings (SSSR count). The number of nitrogens with zero attached hydrogens (tertiary/aromatic N) is 1. The Morgan fingerprint density at radius 2 is 1.85 bits per heavy atom. The highest BCUT2D eigenvalue weighted by atomic mass is 35.5. The summed E-state index contributed by atoms with van der Waals surface area (Å²) in [5.41, 5.74) is -0.0708. The van der Waals surface area contributed by atoms with Gasteiger partial charge in [-0.15, -0.1) is 0 Å². The maximum absolute atomic E-state index is 11.9. The fourth-order valence-corrected chi connectivity index (χ4v) is 1.20. The molecule has 0 atom stereocenters. The standard InChI is InChI=1S/C7H4Cl2F3N/c8-5-2-1-4(6(9)13-5)3-7(10,11)12/h1-2H,3H2. The van der Waals surface area contributed by atoms with Crippen molar-refractivity contribution in [1.29, 1.82) is 0 Å². The summed E-state index contributed by atoms with van der Waals surface area (Å²) in [4.78, 5) is 3.49. The molecular weight excluding hydrogens is 226 g/mol. The van der Waals surface area contributed by atoms with Crippen LogP contribution in [0.2, 0.25) is 10.3 Å². The Morgan fingerprint density at radius 3 is 2.31 bits per heavy atom. The van der Waals surface area contributed by atoms with E-state index < -0.39 is 12.6 Å². The average Bonchev–Trinajstić information content (AvgIpc) is 1.93. The molecule has 0 saturated heterocycles. The molecule has 0 fully saturated rings. The Morgan fingerprint density at radius 1 is 1.23 bits per heavy atom. The van der Waals surface area contributed by atoms with Gasteiger partial charge in [-0.05, 0) is 11.6 Å². The largest absolute Gasteiger partial charge is 0.393 e. The van der Waals surface area contributed by atoms with Gasteiger partial charge >= 0.3 is 6.18 Å². The van der Waals surface area contributed by atoms with Gasteiger partial charge in [0.1, 0.15) is 10.3 Å². The first-order valence-corrected chi connectivity index (χ1v) is 4.02. The normalized spacial score (nSPS) is 11.8. The average molecular weight is 230 g/mol. The molecule has 0 saturated carbocycles. The molecule has 6 heteroatoms. The van der Waals surface area contributed by atoms with Crippen LogP contribution in [0, 0.1) is 0 Å². The van der Waals surface area contributed by atoms with E-state index in [2.05, 4.69) is 4.98 Å². The zero-order valence-electron chi connectivity index (χ0n) is 6.20. The highest BCUT2D eigenvalue weighted by molar-refractivity contribution is 6.32. The number of alkyl halides is 3. The van der Waals surface area contributed by atoms with Gasteiger partial charge in [0.25, 0.3) is 0 Å². The summed E-state index contributed by atoms with van der Waals surface area (Å²) in [7, 11) is 0. The van der Waals surface area contributed by atoms with Gasteiger partial charge in [0, 0.05) is 0 Å². The van der Waals surface area contributed by atoms with Crippen LogP contribution in [0.1, 0.15) is 5.56 Å². The first kappa shape index (κ1) is 10.6. The van der Waals surface area contributed by atoms with E-state index in [0.29, 0.717) is 0 Å². The van der Waals surface area contributed by atoms with Crippen molar-refractivity contribution in [3.8, 4) is 0 Å². The van der Waals surface area contributed by atoms with E-state index in [-0.39, 0.29) is 15.9 Å². The van der Waals surface area contributed by atoms with E-state index in [1.807, 2.05) is 0 Å². The highest BCUT2D eigenvalue weighted by Gasteiger charge is 2.28. The second kappa shape index (κ2) is 3.72. The Balaban J connectivity index is 2.90. The Labute approximate surface area is 82.5 Å². The minimum Gasteiger partial charge on any atom is -0.224 e. The molecule has 0 aliphatic rings. The Bertz CT molecular complexity index is 311. The lowest BCUT2D eigenvalue weighted by molar-refractivity contribution is -0.127. The predicted molar refractivity (Wildman–Crippen MR) is 44.0 cm³/mol. The summed E-state index contributed by atoms with van der Waals surface area (Å²) in [6.45, 7) is 0. The summed E-state index contributed by atoms with van der Waals surface area (Å²) in [5.74, 6) is 0. The fourth-order valence-electron chi connectivity index (χ4n) is 0.789. The van der Waals surface area contributed by atoms with E-state index in [1.54, 1.807) is 0 Å². The van der Waals surface area contributed by atoms with Crippen LogP contribution in [-0.2, 0) is 6.42 Å². The molecule has 72 valence electrons. The number of pyridine rings is 1. The van der Waals surface area contributed by atoms with E-state index >= 15 is 0 Å². The second-order valence-corrected chi connectivity index (χ2v) is 3.12. The molecule has 0 bridgehead atoms. The molecule has 13 heavy (non-hydrogen) atoms. The van der Waals surface area contributed by atoms with Crippen LogP contribution < -0.4 is 0 Å². The van der Waals surface area contributed by atoms with Crippen LogP contribution in [0.3, 0.4) is 0 Å². The SMILES string of the molecule is FC(F)(F)Cc1ccc(Cl)nc1Cl. The lowest BCUT2D eigenvalue weighted by atomic mass is 10.2. The molecule has 1 nitrogen and oxygen atoms in total. The molecule has 0 N–H and O–H groups in total. The maximum Gasteiger partial charge on any atom is 0.393 e. The molecule has 0 radical (unpaired) electrons. The first-order valence-electron chi connectivity index (χ1n) is 3.26. The molecular formula is C7H4Cl2F3N. The number of rotatable bonds is 1. The van der Waals surface area contributed by atoms with Crippen LogP contribution in [-0.4, -0.2) is 11.2 Å². The van der Waals surface area contributed by atoms with Crippen molar-refractivity contribution in [2.75, 3.05) is 0 Å². The van der Waals surface area contributed by atoms with E-state index in [1.165, 1.54) is 12.1 Å². The third kappa shape index (κ3) is 3.40. The second-order valence-electron chi connectivity index (χ2n) is 2.38. The van der Waals surface area contributed by atoms with Crippen molar-refractivity contribution in [3.05, 3.63) is 28.0 Å². The van der Waals surface area contributed by atoms with Crippen molar-refractivity contribution >= 4 is 23.2 Å². The van der Waals surface area contributed by atoms with Crippen molar-refractivity contribution in [3.63, 3.8) is 0 Å². The third-order valence-electron chi connectivity index (χ3n) is 1.28. The number of hydrogen-bond acceptors (Lipinski definition) is 1. The molecule has 0 amide bonds. The zero-order chi connectivity index (χ0) is 10.1. The predicted octanol–water partition coefficient (Wildman–Crippen LogP) is 3.49. The van der Waals surface area contributed by atoms with Gasteiger partial charge in [-0.1, -0.05) is 29.3 Å². The van der Waals surface area contributed by atoms with E-state index in [9.17, 15) is 13.2 Å². The molecule has 0 spiro atoms. The summed E-state index contributed by atoms with van der Waals surface area (Å²) >= 11 is 10.9. The van der Waals surface area contributed by atoms with Crippen molar-refractivity contribution < 1.29 is 13.2 Å². The van der Waals surface area contributed by atoms with Gasteiger partial charge in [0.05, 0.1) is 6.42 Å². The molecule has 0 aliphatic heterocycles. The molecule has 0 aromatic carbocycles. The fraction of sp³-hybridized carbons (Fsp3) is 0.286. The van der Waals surface area contributed by atoms with Gasteiger partial charge < -0.3 is 0 Å². The van der Waals surface area contributed by atoms with E-state index in [4.69, 9.17) is 23.2 Å². The number of aromatic nitrogens is 1. The van der Waals surface area contributed by atoms with Crippen molar-refractivity contribution in [2.45, 2.75) is 12.6 Å². The first-order chi connectivity index (χ1) is 5.88. The van der Waals surface area contributed by atoms with Crippen LogP contribution >= 0.6 is 23.2 Å². The minimum absolute atomic E-state index is 0.0708. The Hall–Kier alpha value is -0.480. The highest BCUT2D eigenvalue weighted by Crippen LogP contribution is 2.25. The van der Waals surface area contributed by atoms with Gasteiger partial charge in [0.15, 0.2) is 0 Å². The van der Waals surface area contributed by atoms with Gasteiger partial charge in [-0.2, -0.15) is 13.2 Å². The van der Waals surface area contributed by atoms with Crippen LogP contribution in [0.5, 0.6) is 0 Å². The maximum atomic E-state index is 11.9. The summed E-state index contributed by atoms with van der Waals surface area (Å²) in [6.07, 6.45) is -5.37. The van der Waals surface area contributed by atoms with Crippen LogP contribution in [0.25, 0.3) is 0 Å². The monoisotopic (exact) mass is 229 g/mol. The zero-order valence-corrected chi connectivity index (χ0v) is 7.71. The van der Waals surface area contributed by atoms with Crippen LogP contribution in [0.15, 0.2) is 12.1 Å². The van der Waals surface area contributed by atoms with Crippen molar-refractivity contribution in [1.82, 2.24) is 4.98 Å². The number of halogens is 5. The lowest BCUT2D eigenvalue weighted by Crippen LogP contribution is -2.12. The molecule has 1 aromatic rings. The molecule has 1 aromatic heterocycles. The lowest BCUT2D eigenvalue weighted by Gasteiger charge is -2.06. The quantitative estimate of drug-likeness (QED) is 0.673. The summed E-state index contributed by atoms with van der Waals surface area (Å²) in [6, 6.07) is 2.49. The molecule has 0 unspecified atom stereocenters.